The van der Waals surface area contributed by atoms with Crippen LogP contribution in [-0.2, 0) is 10.9 Å². The number of benzene rings is 1. The summed E-state index contributed by atoms with van der Waals surface area (Å²) in [5.41, 5.74) is 0.0824. The second-order valence-corrected chi connectivity index (χ2v) is 5.30. The van der Waals surface area contributed by atoms with Crippen molar-refractivity contribution >= 4 is 0 Å². The van der Waals surface area contributed by atoms with Gasteiger partial charge in [-0.1, -0.05) is 19.1 Å². The Hall–Kier alpha value is -1.11. The summed E-state index contributed by atoms with van der Waals surface area (Å²) >= 11 is 0. The lowest BCUT2D eigenvalue weighted by Gasteiger charge is -2.34. The summed E-state index contributed by atoms with van der Waals surface area (Å²) in [5, 5.41) is 9.69. The number of aliphatic hydroxyl groups is 1. The van der Waals surface area contributed by atoms with Gasteiger partial charge in [0.15, 0.2) is 0 Å². The zero-order valence-corrected chi connectivity index (χ0v) is 11.9. The maximum absolute atomic E-state index is 12.5. The summed E-state index contributed by atoms with van der Waals surface area (Å²) < 4.78 is 43.2. The number of ether oxygens (including phenoxy) is 1. The molecule has 0 bridgehead atoms. The van der Waals surface area contributed by atoms with E-state index in [2.05, 4.69) is 4.90 Å². The molecule has 1 heterocycles. The molecule has 0 saturated carbocycles. The van der Waals surface area contributed by atoms with Crippen molar-refractivity contribution in [3.63, 3.8) is 0 Å². The smallest absolute Gasteiger partial charge is 0.392 e. The Balaban J connectivity index is 2.01. The van der Waals surface area contributed by atoms with E-state index in [1.807, 2.05) is 6.92 Å². The van der Waals surface area contributed by atoms with Crippen LogP contribution < -0.4 is 0 Å². The maximum Gasteiger partial charge on any atom is 0.416 e. The highest BCUT2D eigenvalue weighted by Gasteiger charge is 2.31. The third kappa shape index (κ3) is 4.43. The van der Waals surface area contributed by atoms with Crippen molar-refractivity contribution in [2.24, 2.45) is 0 Å². The minimum atomic E-state index is -4.32. The van der Waals surface area contributed by atoms with Crippen LogP contribution in [0.3, 0.4) is 0 Å². The Kier molecular flexibility index (Phi) is 5.24. The molecule has 2 rings (SSSR count). The van der Waals surface area contributed by atoms with Crippen LogP contribution in [0.4, 0.5) is 13.2 Å². The third-order valence-corrected chi connectivity index (χ3v) is 3.70. The topological polar surface area (TPSA) is 32.7 Å². The van der Waals surface area contributed by atoms with Gasteiger partial charge in [0.05, 0.1) is 24.4 Å². The zero-order valence-electron chi connectivity index (χ0n) is 11.9. The Bertz CT molecular complexity index is 447. The average molecular weight is 303 g/mol. The number of morpholine rings is 1. The number of alkyl halides is 3. The van der Waals surface area contributed by atoms with Gasteiger partial charge >= 0.3 is 6.18 Å². The second-order valence-electron chi connectivity index (χ2n) is 5.30. The Labute approximate surface area is 122 Å². The number of hydrogen-bond acceptors (Lipinski definition) is 3. The van der Waals surface area contributed by atoms with Crippen LogP contribution in [0.15, 0.2) is 24.3 Å². The molecule has 0 amide bonds. The van der Waals surface area contributed by atoms with E-state index in [4.69, 9.17) is 4.74 Å². The molecular formula is C15H20F3NO2. The molecule has 0 spiro atoms. The van der Waals surface area contributed by atoms with Crippen molar-refractivity contribution in [2.45, 2.75) is 31.7 Å². The molecule has 0 unspecified atom stereocenters. The molecule has 1 aromatic rings. The summed E-state index contributed by atoms with van der Waals surface area (Å²) in [5.74, 6) is 0. The lowest BCUT2D eigenvalue weighted by Crippen LogP contribution is -2.42. The van der Waals surface area contributed by atoms with Crippen molar-refractivity contribution in [3.8, 4) is 0 Å². The van der Waals surface area contributed by atoms with E-state index in [0.717, 1.165) is 24.2 Å². The van der Waals surface area contributed by atoms with Gasteiger partial charge in [0.2, 0.25) is 0 Å². The van der Waals surface area contributed by atoms with E-state index in [1.54, 1.807) is 0 Å². The van der Waals surface area contributed by atoms with Gasteiger partial charge in [0.25, 0.3) is 0 Å². The quantitative estimate of drug-likeness (QED) is 0.928. The Morgan fingerprint density at radius 3 is 2.57 bits per heavy atom. The van der Waals surface area contributed by atoms with E-state index >= 15 is 0 Å². The van der Waals surface area contributed by atoms with Crippen molar-refractivity contribution in [3.05, 3.63) is 35.4 Å². The molecule has 1 saturated heterocycles. The fraction of sp³-hybridized carbons (Fsp3) is 0.600. The van der Waals surface area contributed by atoms with E-state index in [-0.39, 0.29) is 12.2 Å². The molecular weight excluding hydrogens is 283 g/mol. The molecule has 0 aliphatic carbocycles. The minimum Gasteiger partial charge on any atom is -0.392 e. The molecule has 118 valence electrons. The molecule has 2 atom stereocenters. The largest absolute Gasteiger partial charge is 0.416 e. The summed E-state index contributed by atoms with van der Waals surface area (Å²) in [4.78, 5) is 2.08. The van der Waals surface area contributed by atoms with Crippen LogP contribution in [0.25, 0.3) is 0 Å². The SMILES string of the molecule is CC[C@@H](O)CN1CCO[C@H](c2ccc(C(F)(F)F)cc2)C1. The number of rotatable bonds is 4. The molecule has 6 heteroatoms. The number of halogens is 3. The first-order valence-electron chi connectivity index (χ1n) is 7.09. The summed E-state index contributed by atoms with van der Waals surface area (Å²) in [6.07, 6.45) is -4.26. The predicted molar refractivity (Wildman–Crippen MR) is 72.9 cm³/mol. The van der Waals surface area contributed by atoms with Crippen molar-refractivity contribution in [1.82, 2.24) is 4.90 Å². The maximum atomic E-state index is 12.5. The summed E-state index contributed by atoms with van der Waals surface area (Å²) in [7, 11) is 0. The van der Waals surface area contributed by atoms with Gasteiger partial charge in [-0.05, 0) is 24.1 Å². The van der Waals surface area contributed by atoms with Gasteiger partial charge in [-0.2, -0.15) is 13.2 Å². The van der Waals surface area contributed by atoms with Crippen molar-refractivity contribution in [2.75, 3.05) is 26.2 Å². The van der Waals surface area contributed by atoms with Crippen LogP contribution in [0.2, 0.25) is 0 Å². The summed E-state index contributed by atoms with van der Waals surface area (Å²) in [6, 6.07) is 5.09. The standard InChI is InChI=1S/C15H20F3NO2/c1-2-13(20)9-19-7-8-21-14(10-19)11-3-5-12(6-4-11)15(16,17)18/h3-6,13-14,20H,2,7-10H2,1H3/t13-,14+/m1/s1. The predicted octanol–water partition coefficient (Wildman–Crippen LogP) is 2.85. The van der Waals surface area contributed by atoms with E-state index in [0.29, 0.717) is 26.1 Å². The molecule has 3 nitrogen and oxygen atoms in total. The highest BCUT2D eigenvalue weighted by molar-refractivity contribution is 5.26. The molecule has 1 N–H and O–H groups in total. The van der Waals surface area contributed by atoms with Crippen LogP contribution in [0.1, 0.15) is 30.6 Å². The molecule has 21 heavy (non-hydrogen) atoms. The molecule has 1 aliphatic rings. The van der Waals surface area contributed by atoms with Crippen LogP contribution >= 0.6 is 0 Å². The third-order valence-electron chi connectivity index (χ3n) is 3.70. The lowest BCUT2D eigenvalue weighted by molar-refractivity contribution is -0.137. The van der Waals surface area contributed by atoms with Crippen LogP contribution in [-0.4, -0.2) is 42.4 Å². The molecule has 0 radical (unpaired) electrons. The Morgan fingerprint density at radius 1 is 1.33 bits per heavy atom. The summed E-state index contributed by atoms with van der Waals surface area (Å²) in [6.45, 7) is 4.31. The Morgan fingerprint density at radius 2 is 2.00 bits per heavy atom. The van der Waals surface area contributed by atoms with Gasteiger partial charge in [0, 0.05) is 19.6 Å². The highest BCUT2D eigenvalue weighted by atomic mass is 19.4. The first-order valence-corrected chi connectivity index (χ1v) is 7.09. The van der Waals surface area contributed by atoms with Gasteiger partial charge < -0.3 is 9.84 Å². The average Bonchev–Trinajstić information content (AvgIpc) is 2.46. The van der Waals surface area contributed by atoms with Gasteiger partial charge in [0.1, 0.15) is 0 Å². The van der Waals surface area contributed by atoms with E-state index in [1.165, 1.54) is 12.1 Å². The number of β-amino-alcohol motifs (C(OH)–C–C–N with tert-alkyl or cyclic N) is 1. The van der Waals surface area contributed by atoms with E-state index < -0.39 is 11.7 Å². The first kappa shape index (κ1) is 16.3. The highest BCUT2D eigenvalue weighted by Crippen LogP contribution is 2.31. The van der Waals surface area contributed by atoms with E-state index in [9.17, 15) is 18.3 Å². The molecule has 0 aromatic heterocycles. The number of hydrogen-bond donors (Lipinski definition) is 1. The van der Waals surface area contributed by atoms with Crippen LogP contribution in [0.5, 0.6) is 0 Å². The fourth-order valence-electron chi connectivity index (χ4n) is 2.38. The van der Waals surface area contributed by atoms with Gasteiger partial charge in [-0.15, -0.1) is 0 Å². The number of aliphatic hydroxyl groups excluding tert-OH is 1. The second kappa shape index (κ2) is 6.77. The normalized spacial score (nSPS) is 22.2. The number of nitrogens with zero attached hydrogens (tertiary/aromatic N) is 1. The van der Waals surface area contributed by atoms with Crippen LogP contribution in [0, 0.1) is 0 Å². The first-order chi connectivity index (χ1) is 9.90. The lowest BCUT2D eigenvalue weighted by atomic mass is 10.0. The van der Waals surface area contributed by atoms with Crippen molar-refractivity contribution in [1.29, 1.82) is 0 Å². The van der Waals surface area contributed by atoms with Crippen molar-refractivity contribution < 1.29 is 23.0 Å². The molecule has 1 fully saturated rings. The van der Waals surface area contributed by atoms with Gasteiger partial charge in [-0.25, -0.2) is 0 Å². The monoisotopic (exact) mass is 303 g/mol. The minimum absolute atomic E-state index is 0.245. The zero-order chi connectivity index (χ0) is 15.5. The fourth-order valence-corrected chi connectivity index (χ4v) is 2.38. The molecule has 1 aromatic carbocycles. The molecule has 1 aliphatic heterocycles. The van der Waals surface area contributed by atoms with Gasteiger partial charge in [-0.3, -0.25) is 4.90 Å².